The van der Waals surface area contributed by atoms with Gasteiger partial charge in [-0.25, -0.2) is 4.39 Å². The van der Waals surface area contributed by atoms with Gasteiger partial charge in [-0.3, -0.25) is 4.79 Å². The molecule has 3 heteroatoms. The van der Waals surface area contributed by atoms with E-state index in [0.717, 1.165) is 5.56 Å². The van der Waals surface area contributed by atoms with Crippen molar-refractivity contribution in [3.8, 4) is 0 Å². The van der Waals surface area contributed by atoms with Crippen molar-refractivity contribution in [3.05, 3.63) is 34.6 Å². The van der Waals surface area contributed by atoms with Crippen molar-refractivity contribution in [2.75, 3.05) is 6.61 Å². The lowest BCUT2D eigenvalue weighted by atomic mass is 10.0. The zero-order chi connectivity index (χ0) is 11.4. The summed E-state index contributed by atoms with van der Waals surface area (Å²) in [5.74, 6) is -0.583. The van der Waals surface area contributed by atoms with E-state index >= 15 is 0 Å². The SMILES string of the molecule is CCOC(=O)Cc1cc(C)cc(F)c1C. The standard InChI is InChI=1S/C12H15FO2/c1-4-15-12(14)7-10-5-8(2)6-11(13)9(10)3/h5-6H,4,7H2,1-3H3. The molecule has 0 fully saturated rings. The molecular formula is C12H15FO2. The lowest BCUT2D eigenvalue weighted by Crippen LogP contribution is -2.09. The van der Waals surface area contributed by atoms with E-state index in [4.69, 9.17) is 4.74 Å². The molecule has 0 saturated heterocycles. The third kappa shape index (κ3) is 3.05. The van der Waals surface area contributed by atoms with Crippen molar-refractivity contribution in [2.45, 2.75) is 27.2 Å². The quantitative estimate of drug-likeness (QED) is 0.717. The highest BCUT2D eigenvalue weighted by Gasteiger charge is 2.10. The molecule has 0 heterocycles. The van der Waals surface area contributed by atoms with Crippen molar-refractivity contribution in [1.29, 1.82) is 0 Å². The van der Waals surface area contributed by atoms with Gasteiger partial charge in [-0.05, 0) is 43.5 Å². The number of hydrogen-bond acceptors (Lipinski definition) is 2. The molecule has 0 amide bonds. The topological polar surface area (TPSA) is 26.3 Å². The maximum atomic E-state index is 13.3. The van der Waals surface area contributed by atoms with Gasteiger partial charge in [-0.1, -0.05) is 6.07 Å². The van der Waals surface area contributed by atoms with Crippen LogP contribution in [0, 0.1) is 19.7 Å². The second-order valence-electron chi connectivity index (χ2n) is 3.51. The largest absolute Gasteiger partial charge is 0.466 e. The van der Waals surface area contributed by atoms with E-state index in [1.807, 2.05) is 6.07 Å². The highest BCUT2D eigenvalue weighted by Crippen LogP contribution is 2.16. The number of rotatable bonds is 3. The molecular weight excluding hydrogens is 195 g/mol. The summed E-state index contributed by atoms with van der Waals surface area (Å²) in [6.45, 7) is 5.58. The Kier molecular flexibility index (Phi) is 3.83. The Bertz CT molecular complexity index is 372. The maximum Gasteiger partial charge on any atom is 0.310 e. The predicted molar refractivity (Wildman–Crippen MR) is 56.2 cm³/mol. The average Bonchev–Trinajstić information content (AvgIpc) is 2.13. The van der Waals surface area contributed by atoms with Crippen LogP contribution < -0.4 is 0 Å². The lowest BCUT2D eigenvalue weighted by Gasteiger charge is -2.07. The van der Waals surface area contributed by atoms with Gasteiger partial charge in [-0.2, -0.15) is 0 Å². The Morgan fingerprint density at radius 2 is 2.07 bits per heavy atom. The van der Waals surface area contributed by atoms with Crippen LogP contribution in [0.5, 0.6) is 0 Å². The molecule has 0 aliphatic carbocycles. The molecule has 0 bridgehead atoms. The van der Waals surface area contributed by atoms with Gasteiger partial charge in [0.1, 0.15) is 5.82 Å². The molecule has 0 spiro atoms. The van der Waals surface area contributed by atoms with E-state index in [9.17, 15) is 9.18 Å². The normalized spacial score (nSPS) is 10.1. The highest BCUT2D eigenvalue weighted by atomic mass is 19.1. The van der Waals surface area contributed by atoms with Crippen LogP contribution in [-0.2, 0) is 16.0 Å². The van der Waals surface area contributed by atoms with E-state index in [1.54, 1.807) is 20.8 Å². The first-order chi connectivity index (χ1) is 7.04. The summed E-state index contributed by atoms with van der Waals surface area (Å²) in [6.07, 6.45) is 0.137. The second-order valence-corrected chi connectivity index (χ2v) is 3.51. The molecule has 0 saturated carbocycles. The third-order valence-corrected chi connectivity index (χ3v) is 2.24. The number of halogens is 1. The molecule has 15 heavy (non-hydrogen) atoms. The van der Waals surface area contributed by atoms with Gasteiger partial charge < -0.3 is 4.74 Å². The fraction of sp³-hybridized carbons (Fsp3) is 0.417. The average molecular weight is 210 g/mol. The van der Waals surface area contributed by atoms with Crippen molar-refractivity contribution in [1.82, 2.24) is 0 Å². The molecule has 1 aromatic rings. The number of benzene rings is 1. The van der Waals surface area contributed by atoms with Crippen LogP contribution >= 0.6 is 0 Å². The van der Waals surface area contributed by atoms with Crippen LogP contribution in [0.3, 0.4) is 0 Å². The van der Waals surface area contributed by atoms with Crippen molar-refractivity contribution in [2.24, 2.45) is 0 Å². The zero-order valence-electron chi connectivity index (χ0n) is 9.26. The molecule has 2 nitrogen and oxygen atoms in total. The van der Waals surface area contributed by atoms with Crippen molar-refractivity contribution < 1.29 is 13.9 Å². The number of carbonyl (C=O) groups excluding carboxylic acids is 1. The second kappa shape index (κ2) is 4.91. The Morgan fingerprint density at radius 1 is 1.40 bits per heavy atom. The lowest BCUT2D eigenvalue weighted by molar-refractivity contribution is -0.142. The molecule has 0 unspecified atom stereocenters. The summed E-state index contributed by atoms with van der Waals surface area (Å²) in [7, 11) is 0. The molecule has 1 aromatic carbocycles. The molecule has 82 valence electrons. The summed E-state index contributed by atoms with van der Waals surface area (Å²) < 4.78 is 18.1. The Labute approximate surface area is 89.1 Å². The van der Waals surface area contributed by atoms with Crippen LogP contribution in [0.2, 0.25) is 0 Å². The number of ether oxygens (including phenoxy) is 1. The first-order valence-corrected chi connectivity index (χ1v) is 4.95. The first kappa shape index (κ1) is 11.7. The maximum absolute atomic E-state index is 13.3. The first-order valence-electron chi connectivity index (χ1n) is 4.95. The highest BCUT2D eigenvalue weighted by molar-refractivity contribution is 5.73. The Morgan fingerprint density at radius 3 is 2.67 bits per heavy atom. The van der Waals surface area contributed by atoms with Gasteiger partial charge in [-0.15, -0.1) is 0 Å². The van der Waals surface area contributed by atoms with Crippen LogP contribution in [0.4, 0.5) is 4.39 Å². The van der Waals surface area contributed by atoms with E-state index in [2.05, 4.69) is 0 Å². The third-order valence-electron chi connectivity index (χ3n) is 2.24. The Hall–Kier alpha value is -1.38. The van der Waals surface area contributed by atoms with Crippen LogP contribution in [0.15, 0.2) is 12.1 Å². The van der Waals surface area contributed by atoms with Crippen LogP contribution in [0.1, 0.15) is 23.6 Å². The van der Waals surface area contributed by atoms with E-state index in [0.29, 0.717) is 17.7 Å². The van der Waals surface area contributed by atoms with E-state index in [-0.39, 0.29) is 18.2 Å². The summed E-state index contributed by atoms with van der Waals surface area (Å²) in [5.41, 5.74) is 2.04. The number of hydrogen-bond donors (Lipinski definition) is 0. The number of aryl methyl sites for hydroxylation is 1. The molecule has 0 N–H and O–H groups in total. The molecule has 0 atom stereocenters. The summed E-state index contributed by atoms with van der Waals surface area (Å²) in [4.78, 5) is 11.2. The summed E-state index contributed by atoms with van der Waals surface area (Å²) in [5, 5.41) is 0. The fourth-order valence-electron chi connectivity index (χ4n) is 1.44. The molecule has 0 aromatic heterocycles. The predicted octanol–water partition coefficient (Wildman–Crippen LogP) is 2.55. The summed E-state index contributed by atoms with van der Waals surface area (Å²) in [6, 6.07) is 3.28. The van der Waals surface area contributed by atoms with Gasteiger partial charge in [0.25, 0.3) is 0 Å². The molecule has 0 aliphatic rings. The smallest absolute Gasteiger partial charge is 0.310 e. The van der Waals surface area contributed by atoms with Gasteiger partial charge in [0.05, 0.1) is 13.0 Å². The molecule has 1 rings (SSSR count). The monoisotopic (exact) mass is 210 g/mol. The van der Waals surface area contributed by atoms with Crippen molar-refractivity contribution in [3.63, 3.8) is 0 Å². The zero-order valence-corrected chi connectivity index (χ0v) is 9.26. The minimum absolute atomic E-state index is 0.137. The van der Waals surface area contributed by atoms with Gasteiger partial charge in [0, 0.05) is 0 Å². The Balaban J connectivity index is 2.89. The van der Waals surface area contributed by atoms with E-state index in [1.165, 1.54) is 6.07 Å². The van der Waals surface area contributed by atoms with Crippen molar-refractivity contribution >= 4 is 5.97 Å². The van der Waals surface area contributed by atoms with Gasteiger partial charge >= 0.3 is 5.97 Å². The van der Waals surface area contributed by atoms with Crippen LogP contribution in [-0.4, -0.2) is 12.6 Å². The number of carbonyl (C=O) groups is 1. The van der Waals surface area contributed by atoms with Crippen LogP contribution in [0.25, 0.3) is 0 Å². The minimum Gasteiger partial charge on any atom is -0.466 e. The molecule has 0 radical (unpaired) electrons. The minimum atomic E-state index is -0.314. The molecule has 0 aliphatic heterocycles. The van der Waals surface area contributed by atoms with Gasteiger partial charge in [0.15, 0.2) is 0 Å². The van der Waals surface area contributed by atoms with Gasteiger partial charge in [0.2, 0.25) is 0 Å². The van der Waals surface area contributed by atoms with E-state index < -0.39 is 0 Å². The number of esters is 1. The fourth-order valence-corrected chi connectivity index (χ4v) is 1.44. The summed E-state index contributed by atoms with van der Waals surface area (Å²) >= 11 is 0.